The quantitative estimate of drug-likeness (QED) is 0.638. The SMILES string of the molecule is NCCCN1CCN(c2ncc(OC3CCC(=O)NC3=O)cn2)CC1. The Morgan fingerprint density at radius 3 is 2.56 bits per heavy atom. The lowest BCUT2D eigenvalue weighted by atomic mass is 10.1. The molecule has 3 heterocycles. The molecule has 136 valence electrons. The van der Waals surface area contributed by atoms with Crippen molar-refractivity contribution >= 4 is 17.8 Å². The van der Waals surface area contributed by atoms with E-state index in [0.717, 1.165) is 45.7 Å². The molecule has 1 aromatic rings. The summed E-state index contributed by atoms with van der Waals surface area (Å²) in [5.41, 5.74) is 5.55. The number of carbonyl (C=O) groups excluding carboxylic acids is 2. The molecule has 9 nitrogen and oxygen atoms in total. The van der Waals surface area contributed by atoms with Crippen LogP contribution in [-0.2, 0) is 9.59 Å². The van der Waals surface area contributed by atoms with E-state index in [4.69, 9.17) is 10.5 Å². The fraction of sp³-hybridized carbons (Fsp3) is 0.625. The summed E-state index contributed by atoms with van der Waals surface area (Å²) in [6.45, 7) is 5.44. The van der Waals surface area contributed by atoms with E-state index in [1.165, 1.54) is 0 Å². The Bertz CT molecular complexity index is 600. The van der Waals surface area contributed by atoms with Crippen LogP contribution in [0.5, 0.6) is 5.75 Å². The highest BCUT2D eigenvalue weighted by Gasteiger charge is 2.28. The first-order valence-electron chi connectivity index (χ1n) is 8.65. The van der Waals surface area contributed by atoms with E-state index in [-0.39, 0.29) is 12.3 Å². The number of carbonyl (C=O) groups is 2. The minimum atomic E-state index is -0.668. The first-order valence-corrected chi connectivity index (χ1v) is 8.65. The second-order valence-electron chi connectivity index (χ2n) is 6.25. The van der Waals surface area contributed by atoms with Gasteiger partial charge in [0.25, 0.3) is 5.91 Å². The number of anilines is 1. The van der Waals surface area contributed by atoms with Gasteiger partial charge in [0, 0.05) is 39.0 Å². The Labute approximate surface area is 146 Å². The van der Waals surface area contributed by atoms with E-state index in [9.17, 15) is 9.59 Å². The number of ether oxygens (including phenoxy) is 1. The van der Waals surface area contributed by atoms with E-state index in [1.807, 2.05) is 0 Å². The summed E-state index contributed by atoms with van der Waals surface area (Å²) in [5, 5.41) is 2.27. The van der Waals surface area contributed by atoms with Gasteiger partial charge in [-0.15, -0.1) is 0 Å². The minimum absolute atomic E-state index is 0.262. The van der Waals surface area contributed by atoms with Crippen molar-refractivity contribution in [3.63, 3.8) is 0 Å². The van der Waals surface area contributed by atoms with Crippen molar-refractivity contribution in [3.8, 4) is 5.75 Å². The lowest BCUT2D eigenvalue weighted by Gasteiger charge is -2.34. The van der Waals surface area contributed by atoms with Gasteiger partial charge in [0.05, 0.1) is 12.4 Å². The maximum Gasteiger partial charge on any atom is 0.267 e. The highest BCUT2D eigenvalue weighted by atomic mass is 16.5. The molecule has 9 heteroatoms. The standard InChI is InChI=1S/C16H24N6O3/c17-4-1-5-21-6-8-22(9-7-21)16-18-10-12(11-19-16)25-13-2-3-14(23)20-15(13)24/h10-11,13H,1-9,17H2,(H,20,23,24). The summed E-state index contributed by atoms with van der Waals surface area (Å²) < 4.78 is 5.59. The molecular weight excluding hydrogens is 324 g/mol. The molecule has 0 aliphatic carbocycles. The third-order valence-electron chi connectivity index (χ3n) is 4.42. The van der Waals surface area contributed by atoms with Gasteiger partial charge in [-0.2, -0.15) is 0 Å². The number of hydrogen-bond acceptors (Lipinski definition) is 8. The Kier molecular flexibility index (Phi) is 5.77. The van der Waals surface area contributed by atoms with Gasteiger partial charge in [-0.25, -0.2) is 9.97 Å². The van der Waals surface area contributed by atoms with Crippen molar-refractivity contribution in [1.82, 2.24) is 20.2 Å². The number of amides is 2. The Balaban J connectivity index is 1.51. The highest BCUT2D eigenvalue weighted by Crippen LogP contribution is 2.17. The molecule has 1 unspecified atom stereocenters. The molecule has 2 aliphatic rings. The lowest BCUT2D eigenvalue weighted by Crippen LogP contribution is -2.47. The Morgan fingerprint density at radius 2 is 1.92 bits per heavy atom. The zero-order valence-corrected chi connectivity index (χ0v) is 14.2. The zero-order valence-electron chi connectivity index (χ0n) is 14.2. The number of rotatable bonds is 6. The normalized spacial score (nSPS) is 22.0. The Hall–Kier alpha value is -2.26. The summed E-state index contributed by atoms with van der Waals surface area (Å²) in [6.07, 6.45) is 4.15. The number of imide groups is 1. The smallest absolute Gasteiger partial charge is 0.267 e. The number of nitrogens with one attached hydrogen (secondary N) is 1. The van der Waals surface area contributed by atoms with Crippen LogP contribution in [0.4, 0.5) is 5.95 Å². The van der Waals surface area contributed by atoms with Crippen LogP contribution >= 0.6 is 0 Å². The fourth-order valence-corrected chi connectivity index (χ4v) is 2.97. The first-order chi connectivity index (χ1) is 12.2. The zero-order chi connectivity index (χ0) is 17.6. The number of piperazine rings is 1. The molecule has 1 atom stereocenters. The van der Waals surface area contributed by atoms with Gasteiger partial charge in [-0.3, -0.25) is 19.8 Å². The Morgan fingerprint density at radius 1 is 1.20 bits per heavy atom. The van der Waals surface area contributed by atoms with Crippen LogP contribution in [-0.4, -0.2) is 72.1 Å². The maximum absolute atomic E-state index is 11.7. The summed E-state index contributed by atoms with van der Waals surface area (Å²) in [7, 11) is 0. The third kappa shape index (κ3) is 4.64. The average molecular weight is 348 g/mol. The van der Waals surface area contributed by atoms with Crippen LogP contribution in [0.2, 0.25) is 0 Å². The van der Waals surface area contributed by atoms with Crippen LogP contribution in [0.1, 0.15) is 19.3 Å². The molecule has 0 spiro atoms. The van der Waals surface area contributed by atoms with Crippen molar-refractivity contribution in [2.24, 2.45) is 5.73 Å². The van der Waals surface area contributed by atoms with Gasteiger partial charge in [0.2, 0.25) is 11.9 Å². The highest BCUT2D eigenvalue weighted by molar-refractivity contribution is 5.99. The first kappa shape index (κ1) is 17.6. The number of piperidine rings is 1. The molecule has 25 heavy (non-hydrogen) atoms. The van der Waals surface area contributed by atoms with Crippen molar-refractivity contribution in [2.45, 2.75) is 25.4 Å². The summed E-state index contributed by atoms with van der Waals surface area (Å²) in [5.74, 6) is 0.421. The number of nitrogens with two attached hydrogens (primary N) is 1. The molecule has 2 saturated heterocycles. The van der Waals surface area contributed by atoms with Gasteiger partial charge in [-0.1, -0.05) is 0 Å². The topological polar surface area (TPSA) is 114 Å². The van der Waals surface area contributed by atoms with Crippen LogP contribution in [0.3, 0.4) is 0 Å². The van der Waals surface area contributed by atoms with Gasteiger partial charge in [0.15, 0.2) is 11.9 Å². The van der Waals surface area contributed by atoms with Gasteiger partial charge >= 0.3 is 0 Å². The molecule has 0 radical (unpaired) electrons. The molecule has 1 aromatic heterocycles. The monoisotopic (exact) mass is 348 g/mol. The second kappa shape index (κ2) is 8.21. The largest absolute Gasteiger partial charge is 0.477 e. The van der Waals surface area contributed by atoms with Gasteiger partial charge in [-0.05, 0) is 19.5 Å². The van der Waals surface area contributed by atoms with Gasteiger partial charge in [0.1, 0.15) is 0 Å². The number of hydrogen-bond donors (Lipinski definition) is 2. The molecule has 0 saturated carbocycles. The third-order valence-corrected chi connectivity index (χ3v) is 4.42. The van der Waals surface area contributed by atoms with E-state index < -0.39 is 12.0 Å². The van der Waals surface area contributed by atoms with Crippen molar-refractivity contribution in [2.75, 3.05) is 44.2 Å². The summed E-state index contributed by atoms with van der Waals surface area (Å²) in [6, 6.07) is 0. The van der Waals surface area contributed by atoms with Gasteiger partial charge < -0.3 is 15.4 Å². The second-order valence-corrected chi connectivity index (χ2v) is 6.25. The lowest BCUT2D eigenvalue weighted by molar-refractivity contribution is -0.138. The van der Waals surface area contributed by atoms with Crippen LogP contribution < -0.4 is 20.7 Å². The molecule has 0 aromatic carbocycles. The molecule has 0 bridgehead atoms. The van der Waals surface area contributed by atoms with E-state index in [0.29, 0.717) is 18.1 Å². The van der Waals surface area contributed by atoms with E-state index in [1.54, 1.807) is 12.4 Å². The van der Waals surface area contributed by atoms with E-state index >= 15 is 0 Å². The molecular formula is C16H24N6O3. The average Bonchev–Trinajstić information content (AvgIpc) is 2.63. The number of aromatic nitrogens is 2. The van der Waals surface area contributed by atoms with Crippen molar-refractivity contribution < 1.29 is 14.3 Å². The predicted molar refractivity (Wildman–Crippen MR) is 91.2 cm³/mol. The summed E-state index contributed by atoms with van der Waals surface area (Å²) >= 11 is 0. The van der Waals surface area contributed by atoms with Crippen molar-refractivity contribution in [1.29, 1.82) is 0 Å². The maximum atomic E-state index is 11.7. The molecule has 3 rings (SSSR count). The van der Waals surface area contributed by atoms with Crippen molar-refractivity contribution in [3.05, 3.63) is 12.4 Å². The molecule has 3 N–H and O–H groups in total. The minimum Gasteiger partial charge on any atom is -0.477 e. The molecule has 2 amide bonds. The van der Waals surface area contributed by atoms with Crippen LogP contribution in [0.25, 0.3) is 0 Å². The van der Waals surface area contributed by atoms with Crippen LogP contribution in [0.15, 0.2) is 12.4 Å². The predicted octanol–water partition coefficient (Wildman–Crippen LogP) is -0.869. The molecule has 2 aliphatic heterocycles. The van der Waals surface area contributed by atoms with Crippen LogP contribution in [0, 0.1) is 0 Å². The van der Waals surface area contributed by atoms with E-state index in [2.05, 4.69) is 25.1 Å². The fourth-order valence-electron chi connectivity index (χ4n) is 2.97. The number of nitrogens with zero attached hydrogens (tertiary/aromatic N) is 4. The molecule has 2 fully saturated rings. The summed E-state index contributed by atoms with van der Waals surface area (Å²) in [4.78, 5) is 36.1.